The van der Waals surface area contributed by atoms with Gasteiger partial charge in [0.1, 0.15) is 11.9 Å². The number of carbonyl (C=O) groups is 1. The van der Waals surface area contributed by atoms with Crippen LogP contribution in [0.4, 0.5) is 14.9 Å². The van der Waals surface area contributed by atoms with Crippen molar-refractivity contribution in [3.63, 3.8) is 0 Å². The molecule has 1 amide bonds. The van der Waals surface area contributed by atoms with Gasteiger partial charge in [0.2, 0.25) is 0 Å². The van der Waals surface area contributed by atoms with Crippen molar-refractivity contribution in [3.05, 3.63) is 94.4 Å². The van der Waals surface area contributed by atoms with Gasteiger partial charge >= 0.3 is 35.7 Å². The van der Waals surface area contributed by atoms with Gasteiger partial charge in [0.25, 0.3) is 0 Å². The van der Waals surface area contributed by atoms with E-state index in [1.54, 1.807) is 44.2 Å². The van der Waals surface area contributed by atoms with E-state index in [2.05, 4.69) is 16.0 Å². The van der Waals surface area contributed by atoms with Gasteiger partial charge in [-0.1, -0.05) is 84.6 Å². The summed E-state index contributed by atoms with van der Waals surface area (Å²) in [5.41, 5.74) is 3.94. The first kappa shape index (κ1) is 30.9. The fourth-order valence-corrected chi connectivity index (χ4v) is 5.44. The minimum Gasteiger partial charge on any atom is -0.870 e. The molecule has 1 aromatic heterocycles. The number of rotatable bonds is 7. The predicted octanol–water partition coefficient (Wildman–Crippen LogP) is 4.86. The van der Waals surface area contributed by atoms with Crippen LogP contribution in [0.1, 0.15) is 42.7 Å². The molecule has 10 heteroatoms. The first-order valence-corrected chi connectivity index (χ1v) is 12.9. The minimum absolute atomic E-state index is 0. The van der Waals surface area contributed by atoms with Crippen molar-refractivity contribution in [1.82, 2.24) is 4.37 Å². The fraction of sp³-hybridized carbons (Fsp3) is 0.207. The molecule has 196 valence electrons. The zero-order valence-electron chi connectivity index (χ0n) is 21.6. The summed E-state index contributed by atoms with van der Waals surface area (Å²) in [5.74, 6) is -0.403. The summed E-state index contributed by atoms with van der Waals surface area (Å²) in [6, 6.07) is 19.5. The van der Waals surface area contributed by atoms with Gasteiger partial charge in [-0.2, -0.15) is 4.37 Å². The van der Waals surface area contributed by atoms with E-state index in [0.717, 1.165) is 18.4 Å². The Morgan fingerprint density at radius 2 is 1.79 bits per heavy atom. The van der Waals surface area contributed by atoms with E-state index in [9.17, 15) is 9.59 Å². The molecule has 1 atom stereocenters. The average molecular weight is 574 g/mol. The van der Waals surface area contributed by atoms with Crippen molar-refractivity contribution < 1.29 is 53.7 Å². The maximum absolute atomic E-state index is 15.2. The van der Waals surface area contributed by atoms with Gasteiger partial charge in [0, 0.05) is 16.1 Å². The van der Waals surface area contributed by atoms with Crippen molar-refractivity contribution >= 4 is 41.2 Å². The number of benzene rings is 3. The Balaban J connectivity index is 0.00000210. The number of nitrogens with one attached hydrogen (secondary N) is 1. The van der Waals surface area contributed by atoms with E-state index < -0.39 is 23.4 Å². The second-order valence-electron chi connectivity index (χ2n) is 9.12. The number of amides is 1. The Morgan fingerprint density at radius 3 is 2.41 bits per heavy atom. The van der Waals surface area contributed by atoms with E-state index in [4.69, 9.17) is 16.3 Å². The van der Waals surface area contributed by atoms with Crippen molar-refractivity contribution in [3.8, 4) is 21.6 Å². The first-order chi connectivity index (χ1) is 17.8. The number of aryl methyl sites for hydroxylation is 1. The summed E-state index contributed by atoms with van der Waals surface area (Å²) in [6.45, 7) is 3.51. The average Bonchev–Trinajstić information content (AvgIpc) is 3.62. The molecule has 6 nitrogen and oxygen atoms in total. The van der Waals surface area contributed by atoms with Crippen molar-refractivity contribution in [2.24, 2.45) is 0 Å². The van der Waals surface area contributed by atoms with Crippen LogP contribution in [0.5, 0.6) is 0 Å². The van der Waals surface area contributed by atoms with Crippen LogP contribution in [-0.2, 0) is 14.9 Å². The van der Waals surface area contributed by atoms with Crippen molar-refractivity contribution in [1.29, 1.82) is 0 Å². The smallest absolute Gasteiger partial charge is 0.870 e. The molecule has 0 radical (unpaired) electrons. The van der Waals surface area contributed by atoms with Gasteiger partial charge in [0.15, 0.2) is 0 Å². The Bertz CT molecular complexity index is 1490. The number of ether oxygens (including phenoxy) is 1. The summed E-state index contributed by atoms with van der Waals surface area (Å²) in [5, 5.41) is 3.28. The van der Waals surface area contributed by atoms with Crippen LogP contribution in [0.3, 0.4) is 0 Å². The summed E-state index contributed by atoms with van der Waals surface area (Å²) in [7, 11) is 0. The van der Waals surface area contributed by atoms with E-state index in [-0.39, 0.29) is 35.0 Å². The number of nitrogens with zero attached hydrogens (tertiary/aromatic N) is 1. The van der Waals surface area contributed by atoms with E-state index >= 15 is 4.39 Å². The summed E-state index contributed by atoms with van der Waals surface area (Å²) in [6.07, 6.45) is 2.52. The molecule has 0 spiro atoms. The van der Waals surface area contributed by atoms with Crippen LogP contribution in [0.25, 0.3) is 21.6 Å². The van der Waals surface area contributed by atoms with E-state index in [0.29, 0.717) is 43.5 Å². The van der Waals surface area contributed by atoms with Crippen LogP contribution >= 0.6 is 23.1 Å². The Morgan fingerprint density at radius 1 is 1.13 bits per heavy atom. The molecule has 4 aromatic rings. The number of hydrogen-bond donors (Lipinski definition) is 1. The zero-order chi connectivity index (χ0) is 26.2. The molecule has 39 heavy (non-hydrogen) atoms. The molecule has 0 saturated heterocycles. The Labute approximate surface area is 257 Å². The van der Waals surface area contributed by atoms with Crippen LogP contribution in [-0.4, -0.2) is 22.2 Å². The number of carbonyl (C=O) groups excluding carboxylic acids is 2. The molecular formula is C29H24ClFN2NaO4S-. The number of aromatic nitrogens is 1. The molecular weight excluding hydrogens is 550 g/mol. The topological polar surface area (TPSA) is 98.3 Å². The van der Waals surface area contributed by atoms with Crippen molar-refractivity contribution in [2.75, 3.05) is 5.32 Å². The fourth-order valence-electron chi connectivity index (χ4n) is 4.31. The molecule has 1 aliphatic carbocycles. The molecule has 5 rings (SSSR count). The van der Waals surface area contributed by atoms with Crippen LogP contribution in [0, 0.1) is 12.7 Å². The maximum Gasteiger partial charge on any atom is 1.00 e. The van der Waals surface area contributed by atoms with E-state index in [1.165, 1.54) is 17.6 Å². The molecule has 1 saturated carbocycles. The Kier molecular flexibility index (Phi) is 10.1. The molecule has 0 aliphatic heterocycles. The van der Waals surface area contributed by atoms with Crippen LogP contribution < -0.4 is 34.9 Å². The van der Waals surface area contributed by atoms with Crippen LogP contribution in [0.15, 0.2) is 66.7 Å². The van der Waals surface area contributed by atoms with E-state index in [1.807, 2.05) is 30.3 Å². The number of hydrogen-bond acceptors (Lipinski definition) is 6. The molecule has 2 N–H and O–H groups in total. The van der Waals surface area contributed by atoms with Gasteiger partial charge < -0.3 is 15.0 Å². The largest absolute Gasteiger partial charge is 1.00 e. The quantitative estimate of drug-likeness (QED) is 0.252. The predicted molar refractivity (Wildman–Crippen MR) is 146 cm³/mol. The van der Waals surface area contributed by atoms with Crippen LogP contribution in [0.2, 0.25) is 5.02 Å². The SMILES string of the molecule is Cc1nsc(-c2ccc(-c3ccc(C4([C-]=O)CC4)cc3)c(F)c2)c1NC(=O)O[C@H](C)c1ccccc1Cl.[Na+].[OH-]. The van der Waals surface area contributed by atoms with Gasteiger partial charge in [-0.3, -0.25) is 11.6 Å². The zero-order valence-corrected chi connectivity index (χ0v) is 25.2. The van der Waals surface area contributed by atoms with Gasteiger partial charge in [-0.15, -0.1) is 5.41 Å². The molecule has 0 unspecified atom stereocenters. The third kappa shape index (κ3) is 6.43. The second kappa shape index (κ2) is 12.7. The molecule has 3 aromatic carbocycles. The third-order valence-corrected chi connectivity index (χ3v) is 7.97. The standard InChI is InChI=1S/C29H23ClFN2O3S.Na.H2O/c1-17-26(32-28(35)36-18(2)22-5-3-4-6-24(22)30)27(37-33-17)20-9-12-23(25(31)15-20)19-7-10-21(11-8-19)29(16-34)13-14-29;;/h3-12,15,18H,13-14H2,1-2H3,(H,32,35);;1H2/q-1;+1;/p-1/t18-;;/m1../s1. The summed E-state index contributed by atoms with van der Waals surface area (Å²) < 4.78 is 25.1. The van der Waals surface area contributed by atoms with Gasteiger partial charge in [-0.05, 0) is 48.6 Å². The molecule has 0 bridgehead atoms. The second-order valence-corrected chi connectivity index (χ2v) is 10.3. The maximum atomic E-state index is 15.2. The normalized spacial score (nSPS) is 13.8. The van der Waals surface area contributed by atoms with Gasteiger partial charge in [-0.25, -0.2) is 9.18 Å². The van der Waals surface area contributed by atoms with Gasteiger partial charge in [0.05, 0.1) is 16.3 Å². The molecule has 1 heterocycles. The first-order valence-electron chi connectivity index (χ1n) is 11.8. The minimum atomic E-state index is -0.657. The monoisotopic (exact) mass is 573 g/mol. The number of halogens is 2. The molecule has 1 fully saturated rings. The third-order valence-electron chi connectivity index (χ3n) is 6.64. The summed E-state index contributed by atoms with van der Waals surface area (Å²) >= 11 is 7.38. The summed E-state index contributed by atoms with van der Waals surface area (Å²) in [4.78, 5) is 24.6. The Hall–Kier alpha value is -2.59. The number of anilines is 1. The van der Waals surface area contributed by atoms with Crippen molar-refractivity contribution in [2.45, 2.75) is 38.2 Å². The molecule has 1 aliphatic rings.